The number of hydrogen-bond acceptors (Lipinski definition) is 3. The molecule has 0 saturated carbocycles. The summed E-state index contributed by atoms with van der Waals surface area (Å²) in [7, 11) is 0. The molecule has 0 saturated heterocycles. The van der Waals surface area contributed by atoms with Gasteiger partial charge in [0.05, 0.1) is 17.5 Å². The summed E-state index contributed by atoms with van der Waals surface area (Å²) in [6.45, 7) is 1.83. The number of rotatable bonds is 3. The molecule has 0 spiro atoms. The second kappa shape index (κ2) is 6.92. The van der Waals surface area contributed by atoms with Gasteiger partial charge < -0.3 is 4.98 Å². The van der Waals surface area contributed by atoms with E-state index in [1.165, 1.54) is 0 Å². The van der Waals surface area contributed by atoms with Gasteiger partial charge in [0.1, 0.15) is 0 Å². The Kier molecular flexibility index (Phi) is 4.30. The molecule has 2 aromatic heterocycles. The van der Waals surface area contributed by atoms with Gasteiger partial charge in [-0.1, -0.05) is 36.4 Å². The first kappa shape index (κ1) is 16.8. The van der Waals surface area contributed by atoms with Gasteiger partial charge >= 0.3 is 0 Å². The summed E-state index contributed by atoms with van der Waals surface area (Å²) < 4.78 is 0. The molecule has 0 aliphatic heterocycles. The molecule has 0 aliphatic carbocycles. The highest BCUT2D eigenvalue weighted by molar-refractivity contribution is 6.06. The van der Waals surface area contributed by atoms with E-state index in [0.717, 1.165) is 33.1 Å². The van der Waals surface area contributed by atoms with Crippen molar-refractivity contribution in [3.63, 3.8) is 0 Å². The minimum absolute atomic E-state index is 0.167. The third kappa shape index (κ3) is 3.37. The highest BCUT2D eigenvalue weighted by atomic mass is 16.2. The van der Waals surface area contributed by atoms with E-state index in [-0.39, 0.29) is 18.2 Å². The Bertz CT molecular complexity index is 1160. The van der Waals surface area contributed by atoms with Crippen molar-refractivity contribution < 1.29 is 9.59 Å². The molecule has 0 bridgehead atoms. The molecule has 6 heteroatoms. The molecule has 2 aromatic carbocycles. The Labute approximate surface area is 155 Å². The number of aromatic nitrogens is 2. The minimum Gasteiger partial charge on any atom is -0.361 e. The normalized spacial score (nSPS) is 10.9. The van der Waals surface area contributed by atoms with E-state index in [9.17, 15) is 9.59 Å². The molecule has 4 aromatic rings. The first-order valence-corrected chi connectivity index (χ1v) is 8.62. The lowest BCUT2D eigenvalue weighted by molar-refractivity contribution is -0.121. The third-order valence-electron chi connectivity index (χ3n) is 4.43. The van der Waals surface area contributed by atoms with Crippen LogP contribution in [0.4, 0.5) is 0 Å². The average molecular weight is 358 g/mol. The maximum Gasteiger partial charge on any atom is 0.270 e. The first-order chi connectivity index (χ1) is 13.1. The molecule has 4 rings (SSSR count). The van der Waals surface area contributed by atoms with Crippen molar-refractivity contribution in [2.24, 2.45) is 0 Å². The lowest BCUT2D eigenvalue weighted by atomic mass is 10.1. The molecule has 0 aliphatic rings. The van der Waals surface area contributed by atoms with Crippen LogP contribution in [0.5, 0.6) is 0 Å². The smallest absolute Gasteiger partial charge is 0.270 e. The number of benzene rings is 2. The van der Waals surface area contributed by atoms with Crippen LogP contribution >= 0.6 is 0 Å². The molecule has 27 heavy (non-hydrogen) atoms. The fraction of sp³-hybridized carbons (Fsp3) is 0.0952. The summed E-state index contributed by atoms with van der Waals surface area (Å²) in [4.78, 5) is 32.4. The van der Waals surface area contributed by atoms with Crippen molar-refractivity contribution in [2.75, 3.05) is 0 Å². The number of amides is 2. The number of H-pyrrole nitrogens is 1. The van der Waals surface area contributed by atoms with Crippen molar-refractivity contribution >= 4 is 33.6 Å². The van der Waals surface area contributed by atoms with E-state index in [0.29, 0.717) is 5.56 Å². The second-order valence-corrected chi connectivity index (χ2v) is 6.37. The van der Waals surface area contributed by atoms with Gasteiger partial charge in [-0.3, -0.25) is 25.4 Å². The summed E-state index contributed by atoms with van der Waals surface area (Å²) in [5.41, 5.74) is 8.81. The zero-order chi connectivity index (χ0) is 18.8. The number of nitrogens with zero attached hydrogens (tertiary/aromatic N) is 1. The maximum absolute atomic E-state index is 12.6. The van der Waals surface area contributed by atoms with Crippen LogP contribution < -0.4 is 10.9 Å². The SMILES string of the molecule is Cc1cc(C(=O)NNC(=O)Cc2c[nH]c3ccccc23)c2ccccc2n1. The maximum atomic E-state index is 12.6. The summed E-state index contributed by atoms with van der Waals surface area (Å²) in [5.74, 6) is -0.660. The fourth-order valence-electron chi connectivity index (χ4n) is 3.18. The number of nitrogens with one attached hydrogen (secondary N) is 3. The molecular formula is C21H18N4O2. The van der Waals surface area contributed by atoms with Crippen molar-refractivity contribution in [1.82, 2.24) is 20.8 Å². The van der Waals surface area contributed by atoms with Crippen LogP contribution in [0, 0.1) is 6.92 Å². The standard InChI is InChI=1S/C21H18N4O2/c1-13-10-17(16-7-3-5-9-19(16)23-13)21(27)25-24-20(26)11-14-12-22-18-8-4-2-6-15(14)18/h2-10,12,22H,11H2,1H3,(H,24,26)(H,25,27). The fourth-order valence-corrected chi connectivity index (χ4v) is 3.18. The number of aromatic amines is 1. The number of aryl methyl sites for hydroxylation is 1. The third-order valence-corrected chi connectivity index (χ3v) is 4.43. The molecule has 2 heterocycles. The molecule has 0 unspecified atom stereocenters. The number of carbonyl (C=O) groups excluding carboxylic acids is 2. The number of hydrogen-bond donors (Lipinski definition) is 3. The van der Waals surface area contributed by atoms with Gasteiger partial charge in [0.15, 0.2) is 0 Å². The van der Waals surface area contributed by atoms with Crippen molar-refractivity contribution in [1.29, 1.82) is 0 Å². The van der Waals surface area contributed by atoms with E-state index in [4.69, 9.17) is 0 Å². The molecule has 2 amide bonds. The predicted octanol–water partition coefficient (Wildman–Crippen LogP) is 3.03. The van der Waals surface area contributed by atoms with Crippen LogP contribution in [0.2, 0.25) is 0 Å². The molecular weight excluding hydrogens is 340 g/mol. The summed E-state index contributed by atoms with van der Waals surface area (Å²) in [5, 5.41) is 1.74. The number of fused-ring (bicyclic) bond motifs is 2. The van der Waals surface area contributed by atoms with Crippen LogP contribution in [0.3, 0.4) is 0 Å². The van der Waals surface area contributed by atoms with Gasteiger partial charge in [0.2, 0.25) is 5.91 Å². The van der Waals surface area contributed by atoms with E-state index in [2.05, 4.69) is 20.8 Å². The van der Waals surface area contributed by atoms with E-state index in [1.54, 1.807) is 6.07 Å². The quantitative estimate of drug-likeness (QED) is 0.492. The summed E-state index contributed by atoms with van der Waals surface area (Å²) in [6.07, 6.45) is 1.98. The molecule has 6 nitrogen and oxygen atoms in total. The Balaban J connectivity index is 1.47. The average Bonchev–Trinajstić information content (AvgIpc) is 3.08. The highest BCUT2D eigenvalue weighted by Gasteiger charge is 2.14. The molecule has 0 atom stereocenters. The molecule has 3 N–H and O–H groups in total. The summed E-state index contributed by atoms with van der Waals surface area (Å²) >= 11 is 0. The van der Waals surface area contributed by atoms with E-state index < -0.39 is 0 Å². The van der Waals surface area contributed by atoms with Gasteiger partial charge in [-0.25, -0.2) is 0 Å². The van der Waals surface area contributed by atoms with Crippen LogP contribution in [-0.2, 0) is 11.2 Å². The number of pyridine rings is 1. The lowest BCUT2D eigenvalue weighted by Crippen LogP contribution is -2.42. The lowest BCUT2D eigenvalue weighted by Gasteiger charge is -2.10. The van der Waals surface area contributed by atoms with E-state index in [1.807, 2.05) is 61.7 Å². The molecule has 0 fully saturated rings. The number of para-hydroxylation sites is 2. The summed E-state index contributed by atoms with van der Waals surface area (Å²) in [6, 6.07) is 16.9. The van der Waals surface area contributed by atoms with Crippen molar-refractivity contribution in [3.05, 3.63) is 77.6 Å². The van der Waals surface area contributed by atoms with Crippen LogP contribution in [-0.4, -0.2) is 21.8 Å². The van der Waals surface area contributed by atoms with Crippen molar-refractivity contribution in [2.45, 2.75) is 13.3 Å². The Morgan fingerprint density at radius 3 is 2.59 bits per heavy atom. The van der Waals surface area contributed by atoms with Crippen LogP contribution in [0.1, 0.15) is 21.6 Å². The zero-order valence-corrected chi connectivity index (χ0v) is 14.7. The van der Waals surface area contributed by atoms with Gasteiger partial charge in [-0.15, -0.1) is 0 Å². The minimum atomic E-state index is -0.371. The van der Waals surface area contributed by atoms with Gasteiger partial charge in [-0.05, 0) is 30.7 Å². The van der Waals surface area contributed by atoms with Gasteiger partial charge in [0.25, 0.3) is 5.91 Å². The van der Waals surface area contributed by atoms with Crippen LogP contribution in [0.15, 0.2) is 60.8 Å². The van der Waals surface area contributed by atoms with Gasteiger partial charge in [0, 0.05) is 28.2 Å². The topological polar surface area (TPSA) is 86.9 Å². The zero-order valence-electron chi connectivity index (χ0n) is 14.7. The molecule has 0 radical (unpaired) electrons. The highest BCUT2D eigenvalue weighted by Crippen LogP contribution is 2.19. The van der Waals surface area contributed by atoms with Gasteiger partial charge in [-0.2, -0.15) is 0 Å². The second-order valence-electron chi connectivity index (χ2n) is 6.37. The largest absolute Gasteiger partial charge is 0.361 e. The Morgan fingerprint density at radius 1 is 1.00 bits per heavy atom. The van der Waals surface area contributed by atoms with Crippen molar-refractivity contribution in [3.8, 4) is 0 Å². The Morgan fingerprint density at radius 2 is 1.74 bits per heavy atom. The van der Waals surface area contributed by atoms with E-state index >= 15 is 0 Å². The molecule has 134 valence electrons. The number of hydrazine groups is 1. The number of carbonyl (C=O) groups is 2. The first-order valence-electron chi connectivity index (χ1n) is 8.62. The Hall–Kier alpha value is -3.67. The monoisotopic (exact) mass is 358 g/mol. The van der Waals surface area contributed by atoms with Crippen LogP contribution in [0.25, 0.3) is 21.8 Å². The predicted molar refractivity (Wildman–Crippen MR) is 104 cm³/mol.